The van der Waals surface area contributed by atoms with E-state index in [1.54, 1.807) is 0 Å². The Kier molecular flexibility index (Phi) is 4.67. The lowest BCUT2D eigenvalue weighted by Gasteiger charge is -2.16. The number of benzene rings is 1. The maximum atomic E-state index is 12.8. The van der Waals surface area contributed by atoms with Crippen LogP contribution in [0.1, 0.15) is 10.4 Å². The van der Waals surface area contributed by atoms with Crippen LogP contribution >= 0.6 is 0 Å². The standard InChI is InChI=1S/C15H14FN3O3/c1-19(15(22)12-3-2-8-17-14(12)21)9-13(20)18-11-6-4-10(16)5-7-11/h2-8H,9H2,1H3,(H,17,21)(H,18,20). The maximum Gasteiger partial charge on any atom is 0.260 e. The smallest absolute Gasteiger partial charge is 0.260 e. The van der Waals surface area contributed by atoms with Gasteiger partial charge in [0.15, 0.2) is 0 Å². The molecule has 0 fully saturated rings. The summed E-state index contributed by atoms with van der Waals surface area (Å²) in [4.78, 5) is 39.0. The first-order valence-electron chi connectivity index (χ1n) is 6.46. The number of carbonyl (C=O) groups is 2. The summed E-state index contributed by atoms with van der Waals surface area (Å²) in [5.74, 6) is -1.42. The van der Waals surface area contributed by atoms with E-state index < -0.39 is 23.2 Å². The van der Waals surface area contributed by atoms with Crippen molar-refractivity contribution in [3.8, 4) is 0 Å². The van der Waals surface area contributed by atoms with E-state index in [0.717, 1.165) is 4.90 Å². The lowest BCUT2D eigenvalue weighted by molar-refractivity contribution is -0.116. The second-order valence-electron chi connectivity index (χ2n) is 4.63. The van der Waals surface area contributed by atoms with Gasteiger partial charge in [0.1, 0.15) is 11.4 Å². The summed E-state index contributed by atoms with van der Waals surface area (Å²) in [5, 5.41) is 2.54. The number of likely N-dealkylation sites (N-methyl/N-ethyl adjacent to an activating group) is 1. The Labute approximate surface area is 125 Å². The van der Waals surface area contributed by atoms with Crippen LogP contribution in [0, 0.1) is 5.82 Å². The third-order valence-electron chi connectivity index (χ3n) is 2.90. The number of H-pyrrole nitrogens is 1. The number of aromatic nitrogens is 1. The zero-order chi connectivity index (χ0) is 16.1. The first kappa shape index (κ1) is 15.4. The molecule has 0 saturated carbocycles. The quantitative estimate of drug-likeness (QED) is 0.891. The molecule has 1 heterocycles. The third-order valence-corrected chi connectivity index (χ3v) is 2.90. The van der Waals surface area contributed by atoms with Gasteiger partial charge >= 0.3 is 0 Å². The molecule has 0 aliphatic rings. The third kappa shape index (κ3) is 3.78. The second-order valence-corrected chi connectivity index (χ2v) is 4.63. The van der Waals surface area contributed by atoms with Crippen molar-refractivity contribution in [3.63, 3.8) is 0 Å². The van der Waals surface area contributed by atoms with Gasteiger partial charge < -0.3 is 15.2 Å². The number of nitrogens with zero attached hydrogens (tertiary/aromatic N) is 1. The summed E-state index contributed by atoms with van der Waals surface area (Å²) in [6.07, 6.45) is 1.42. The summed E-state index contributed by atoms with van der Waals surface area (Å²) in [6.45, 7) is -0.232. The number of carbonyl (C=O) groups excluding carboxylic acids is 2. The van der Waals surface area contributed by atoms with Gasteiger partial charge in [0, 0.05) is 18.9 Å². The minimum Gasteiger partial charge on any atom is -0.332 e. The zero-order valence-electron chi connectivity index (χ0n) is 11.8. The summed E-state index contributed by atoms with van der Waals surface area (Å²) >= 11 is 0. The second kappa shape index (κ2) is 6.66. The Hall–Kier alpha value is -2.96. The highest BCUT2D eigenvalue weighted by molar-refractivity contribution is 5.98. The molecule has 2 N–H and O–H groups in total. The van der Waals surface area contributed by atoms with Crippen LogP contribution in [0.3, 0.4) is 0 Å². The molecule has 1 aromatic heterocycles. The molecule has 22 heavy (non-hydrogen) atoms. The number of hydrogen-bond acceptors (Lipinski definition) is 3. The van der Waals surface area contributed by atoms with Crippen LogP contribution in [0.15, 0.2) is 47.4 Å². The van der Waals surface area contributed by atoms with Crippen LogP contribution in [-0.2, 0) is 4.79 Å². The van der Waals surface area contributed by atoms with Crippen molar-refractivity contribution in [2.75, 3.05) is 18.9 Å². The number of aromatic amines is 1. The molecule has 6 nitrogen and oxygen atoms in total. The minimum atomic E-state index is -0.559. The van der Waals surface area contributed by atoms with E-state index in [0.29, 0.717) is 5.69 Å². The van der Waals surface area contributed by atoms with Crippen molar-refractivity contribution in [3.05, 3.63) is 64.3 Å². The van der Waals surface area contributed by atoms with Crippen LogP contribution in [0.25, 0.3) is 0 Å². The molecule has 0 unspecified atom stereocenters. The Morgan fingerprint density at radius 1 is 1.23 bits per heavy atom. The number of anilines is 1. The Bertz CT molecular complexity index is 740. The number of nitrogens with one attached hydrogen (secondary N) is 2. The molecular weight excluding hydrogens is 289 g/mol. The topological polar surface area (TPSA) is 82.3 Å². The Morgan fingerprint density at radius 3 is 2.55 bits per heavy atom. The average molecular weight is 303 g/mol. The zero-order valence-corrected chi connectivity index (χ0v) is 11.8. The van der Waals surface area contributed by atoms with E-state index in [4.69, 9.17) is 0 Å². The van der Waals surface area contributed by atoms with E-state index in [2.05, 4.69) is 10.3 Å². The number of hydrogen-bond donors (Lipinski definition) is 2. The fourth-order valence-electron chi connectivity index (χ4n) is 1.82. The average Bonchev–Trinajstić information content (AvgIpc) is 2.49. The molecule has 114 valence electrons. The van der Waals surface area contributed by atoms with Crippen LogP contribution in [0.4, 0.5) is 10.1 Å². The Balaban J connectivity index is 1.99. The van der Waals surface area contributed by atoms with Gasteiger partial charge in [-0.1, -0.05) is 0 Å². The normalized spacial score (nSPS) is 10.1. The van der Waals surface area contributed by atoms with Gasteiger partial charge in [-0.3, -0.25) is 14.4 Å². The van der Waals surface area contributed by atoms with Gasteiger partial charge in [-0.25, -0.2) is 4.39 Å². The number of amides is 2. The molecule has 0 aliphatic heterocycles. The molecule has 7 heteroatoms. The van der Waals surface area contributed by atoms with Crippen LogP contribution in [0.5, 0.6) is 0 Å². The SMILES string of the molecule is CN(CC(=O)Nc1ccc(F)cc1)C(=O)c1ccc[nH]c1=O. The highest BCUT2D eigenvalue weighted by Crippen LogP contribution is 2.08. The van der Waals surface area contributed by atoms with Crippen LogP contribution < -0.4 is 10.9 Å². The van der Waals surface area contributed by atoms with Crippen molar-refractivity contribution in [2.24, 2.45) is 0 Å². The summed E-state index contributed by atoms with van der Waals surface area (Å²) in [6, 6.07) is 8.17. The fourth-order valence-corrected chi connectivity index (χ4v) is 1.82. The van der Waals surface area contributed by atoms with Gasteiger partial charge in [-0.2, -0.15) is 0 Å². The highest BCUT2D eigenvalue weighted by atomic mass is 19.1. The number of rotatable bonds is 4. The molecule has 0 bridgehead atoms. The molecule has 1 aromatic carbocycles. The summed E-state index contributed by atoms with van der Waals surface area (Å²) < 4.78 is 12.8. The van der Waals surface area contributed by atoms with E-state index in [1.165, 1.54) is 49.6 Å². The van der Waals surface area contributed by atoms with Crippen molar-refractivity contribution in [1.29, 1.82) is 0 Å². The van der Waals surface area contributed by atoms with E-state index in [-0.39, 0.29) is 12.1 Å². The molecule has 2 aromatic rings. The van der Waals surface area contributed by atoms with Crippen LogP contribution in [-0.4, -0.2) is 35.3 Å². The molecule has 2 amide bonds. The van der Waals surface area contributed by atoms with Gasteiger partial charge in [-0.05, 0) is 36.4 Å². The monoisotopic (exact) mass is 303 g/mol. The van der Waals surface area contributed by atoms with Gasteiger partial charge in [-0.15, -0.1) is 0 Å². The van der Waals surface area contributed by atoms with E-state index in [1.807, 2.05) is 0 Å². The molecule has 0 spiro atoms. The lowest BCUT2D eigenvalue weighted by atomic mass is 10.2. The Morgan fingerprint density at radius 2 is 1.91 bits per heavy atom. The predicted molar refractivity (Wildman–Crippen MR) is 79.1 cm³/mol. The van der Waals surface area contributed by atoms with Crippen molar-refractivity contribution < 1.29 is 14.0 Å². The van der Waals surface area contributed by atoms with Crippen molar-refractivity contribution in [2.45, 2.75) is 0 Å². The first-order chi connectivity index (χ1) is 10.5. The fraction of sp³-hybridized carbons (Fsp3) is 0.133. The number of halogens is 1. The summed E-state index contributed by atoms with van der Waals surface area (Å²) in [5.41, 5.74) is -0.136. The maximum absolute atomic E-state index is 12.8. The largest absolute Gasteiger partial charge is 0.332 e. The van der Waals surface area contributed by atoms with Gasteiger partial charge in [0.2, 0.25) is 5.91 Å². The van der Waals surface area contributed by atoms with Crippen LogP contribution in [0.2, 0.25) is 0 Å². The highest BCUT2D eigenvalue weighted by Gasteiger charge is 2.17. The molecule has 2 rings (SSSR count). The molecular formula is C15H14FN3O3. The predicted octanol–water partition coefficient (Wildman–Crippen LogP) is 1.22. The van der Waals surface area contributed by atoms with Gasteiger partial charge in [0.05, 0.1) is 6.54 Å². The number of pyridine rings is 1. The van der Waals surface area contributed by atoms with E-state index in [9.17, 15) is 18.8 Å². The molecule has 0 atom stereocenters. The minimum absolute atomic E-state index is 0.0421. The van der Waals surface area contributed by atoms with Gasteiger partial charge in [0.25, 0.3) is 11.5 Å². The lowest BCUT2D eigenvalue weighted by Crippen LogP contribution is -2.37. The van der Waals surface area contributed by atoms with Crippen molar-refractivity contribution >= 4 is 17.5 Å². The molecule has 0 saturated heterocycles. The van der Waals surface area contributed by atoms with E-state index >= 15 is 0 Å². The first-order valence-corrected chi connectivity index (χ1v) is 6.46. The molecule has 0 radical (unpaired) electrons. The molecule has 0 aliphatic carbocycles. The van der Waals surface area contributed by atoms with Crippen molar-refractivity contribution in [1.82, 2.24) is 9.88 Å². The summed E-state index contributed by atoms with van der Waals surface area (Å²) in [7, 11) is 1.42.